The maximum Gasteiger partial charge on any atom is 0.304 e. The monoisotopic (exact) mass is 292 g/mol. The second-order valence-electron chi connectivity index (χ2n) is 4.59. The molecule has 1 amide bonds. The molecule has 0 fully saturated rings. The average Bonchev–Trinajstić information content (AvgIpc) is 2.85. The molecular weight excluding hydrogens is 276 g/mol. The van der Waals surface area contributed by atoms with Gasteiger partial charge in [-0.05, 0) is 31.5 Å². The summed E-state index contributed by atoms with van der Waals surface area (Å²) in [6.45, 7) is 4.47. The third-order valence-electron chi connectivity index (χ3n) is 2.89. The van der Waals surface area contributed by atoms with Crippen molar-refractivity contribution in [2.24, 2.45) is 0 Å². The third kappa shape index (κ3) is 3.39. The number of amides is 1. The summed E-state index contributed by atoms with van der Waals surface area (Å²) in [5.74, 6) is -0.150. The Balaban J connectivity index is 2.28. The molecule has 106 valence electrons. The Morgan fingerprint density at radius 1 is 1.45 bits per heavy atom. The van der Waals surface area contributed by atoms with Crippen molar-refractivity contribution in [3.05, 3.63) is 46.8 Å². The highest BCUT2D eigenvalue weighted by atomic mass is 35.5. The fraction of sp³-hybridized carbons (Fsp3) is 0.333. The first-order chi connectivity index (χ1) is 9.61. The van der Waals surface area contributed by atoms with E-state index in [1.165, 1.54) is 0 Å². The van der Waals surface area contributed by atoms with Crippen LogP contribution in [-0.4, -0.2) is 17.4 Å². The number of anilines is 1. The van der Waals surface area contributed by atoms with E-state index in [0.717, 1.165) is 18.5 Å². The molecule has 1 aromatic heterocycles. The van der Waals surface area contributed by atoms with E-state index in [2.05, 4.69) is 11.9 Å². The molecule has 20 heavy (non-hydrogen) atoms. The largest absolute Gasteiger partial charge is 0.431 e. The Morgan fingerprint density at radius 3 is 2.85 bits per heavy atom. The van der Waals surface area contributed by atoms with Gasteiger partial charge in [-0.25, -0.2) is 0 Å². The molecule has 0 aliphatic heterocycles. The van der Waals surface area contributed by atoms with E-state index in [9.17, 15) is 4.79 Å². The van der Waals surface area contributed by atoms with Crippen LogP contribution in [0.1, 0.15) is 35.8 Å². The quantitative estimate of drug-likeness (QED) is 0.834. The Kier molecular flexibility index (Phi) is 4.79. The second kappa shape index (κ2) is 6.57. The maximum absolute atomic E-state index is 12.6. The Labute approximate surface area is 123 Å². The number of benzene rings is 1. The molecule has 0 atom stereocenters. The van der Waals surface area contributed by atoms with E-state index in [0.29, 0.717) is 23.1 Å². The van der Waals surface area contributed by atoms with Gasteiger partial charge in [-0.1, -0.05) is 31.0 Å². The minimum Gasteiger partial charge on any atom is -0.431 e. The molecule has 4 nitrogen and oxygen atoms in total. The van der Waals surface area contributed by atoms with Crippen molar-refractivity contribution >= 4 is 23.5 Å². The van der Waals surface area contributed by atoms with Gasteiger partial charge in [-0.15, -0.1) is 0 Å². The SMILES string of the molecule is CCCCN(C(=O)c1cccc(Cl)c1)c1nc(C)co1. The number of carbonyl (C=O) groups is 1. The summed E-state index contributed by atoms with van der Waals surface area (Å²) in [5.41, 5.74) is 1.28. The van der Waals surface area contributed by atoms with Crippen LogP contribution >= 0.6 is 11.6 Å². The van der Waals surface area contributed by atoms with Crippen molar-refractivity contribution in [2.45, 2.75) is 26.7 Å². The highest BCUT2D eigenvalue weighted by Crippen LogP contribution is 2.19. The van der Waals surface area contributed by atoms with Gasteiger partial charge in [0, 0.05) is 17.1 Å². The lowest BCUT2D eigenvalue weighted by molar-refractivity contribution is 0.0981. The molecule has 0 spiro atoms. The van der Waals surface area contributed by atoms with E-state index >= 15 is 0 Å². The minimum absolute atomic E-state index is 0.150. The first-order valence-corrected chi connectivity index (χ1v) is 6.99. The van der Waals surface area contributed by atoms with Crippen molar-refractivity contribution in [2.75, 3.05) is 11.4 Å². The van der Waals surface area contributed by atoms with Gasteiger partial charge in [0.2, 0.25) is 0 Å². The topological polar surface area (TPSA) is 46.3 Å². The number of unbranched alkanes of at least 4 members (excludes halogenated alkanes) is 1. The van der Waals surface area contributed by atoms with E-state index in [1.54, 1.807) is 35.4 Å². The third-order valence-corrected chi connectivity index (χ3v) is 3.12. The van der Waals surface area contributed by atoms with Crippen LogP contribution in [0.2, 0.25) is 5.02 Å². The zero-order valence-electron chi connectivity index (χ0n) is 11.6. The smallest absolute Gasteiger partial charge is 0.304 e. The molecule has 5 heteroatoms. The van der Waals surface area contributed by atoms with E-state index in [1.807, 2.05) is 6.92 Å². The number of aromatic nitrogens is 1. The number of nitrogens with zero attached hydrogens (tertiary/aromatic N) is 2. The summed E-state index contributed by atoms with van der Waals surface area (Å²) < 4.78 is 5.36. The molecule has 0 bridgehead atoms. The Bertz CT molecular complexity index is 595. The predicted molar refractivity (Wildman–Crippen MR) is 79.3 cm³/mol. The van der Waals surface area contributed by atoms with Crippen LogP contribution < -0.4 is 4.90 Å². The fourth-order valence-corrected chi connectivity index (χ4v) is 2.03. The zero-order chi connectivity index (χ0) is 14.5. The molecule has 2 rings (SSSR count). The molecule has 0 aliphatic carbocycles. The molecule has 0 radical (unpaired) electrons. The summed E-state index contributed by atoms with van der Waals surface area (Å²) >= 11 is 5.94. The van der Waals surface area contributed by atoms with Gasteiger partial charge in [-0.3, -0.25) is 9.69 Å². The van der Waals surface area contributed by atoms with Gasteiger partial charge in [0.05, 0.1) is 5.69 Å². The maximum atomic E-state index is 12.6. The highest BCUT2D eigenvalue weighted by molar-refractivity contribution is 6.31. The number of halogens is 1. The number of oxazole rings is 1. The molecule has 0 unspecified atom stereocenters. The molecule has 0 saturated heterocycles. The van der Waals surface area contributed by atoms with Crippen LogP contribution in [0.4, 0.5) is 6.01 Å². The van der Waals surface area contributed by atoms with Gasteiger partial charge >= 0.3 is 6.01 Å². The Hall–Kier alpha value is -1.81. The van der Waals surface area contributed by atoms with Crippen LogP contribution in [0.5, 0.6) is 0 Å². The van der Waals surface area contributed by atoms with Crippen molar-refractivity contribution < 1.29 is 9.21 Å². The lowest BCUT2D eigenvalue weighted by Gasteiger charge is -2.18. The lowest BCUT2D eigenvalue weighted by Crippen LogP contribution is -2.32. The van der Waals surface area contributed by atoms with Gasteiger partial charge in [0.25, 0.3) is 5.91 Å². The summed E-state index contributed by atoms with van der Waals surface area (Å²) in [5, 5.41) is 0.537. The molecule has 0 saturated carbocycles. The zero-order valence-corrected chi connectivity index (χ0v) is 12.4. The summed E-state index contributed by atoms with van der Waals surface area (Å²) in [6, 6.07) is 7.22. The second-order valence-corrected chi connectivity index (χ2v) is 5.03. The lowest BCUT2D eigenvalue weighted by atomic mass is 10.2. The van der Waals surface area contributed by atoms with Gasteiger partial charge in [0.1, 0.15) is 6.26 Å². The highest BCUT2D eigenvalue weighted by Gasteiger charge is 2.21. The van der Waals surface area contributed by atoms with Gasteiger partial charge < -0.3 is 4.42 Å². The number of rotatable bonds is 5. The van der Waals surface area contributed by atoms with E-state index in [4.69, 9.17) is 16.0 Å². The minimum atomic E-state index is -0.150. The van der Waals surface area contributed by atoms with E-state index < -0.39 is 0 Å². The summed E-state index contributed by atoms with van der Waals surface area (Å²) in [6.07, 6.45) is 3.41. The number of hydrogen-bond acceptors (Lipinski definition) is 3. The number of aryl methyl sites for hydroxylation is 1. The van der Waals surface area contributed by atoms with Crippen LogP contribution in [-0.2, 0) is 0 Å². The molecule has 0 N–H and O–H groups in total. The van der Waals surface area contributed by atoms with E-state index in [-0.39, 0.29) is 5.91 Å². The Morgan fingerprint density at radius 2 is 2.25 bits per heavy atom. The number of carbonyl (C=O) groups excluding carboxylic acids is 1. The van der Waals surface area contributed by atoms with Crippen LogP contribution in [0.3, 0.4) is 0 Å². The van der Waals surface area contributed by atoms with Crippen molar-refractivity contribution in [3.63, 3.8) is 0 Å². The van der Waals surface area contributed by atoms with Crippen LogP contribution in [0, 0.1) is 6.92 Å². The van der Waals surface area contributed by atoms with Crippen molar-refractivity contribution in [1.82, 2.24) is 4.98 Å². The molecule has 1 aromatic carbocycles. The fourth-order valence-electron chi connectivity index (χ4n) is 1.84. The molecule has 2 aromatic rings. The average molecular weight is 293 g/mol. The summed E-state index contributed by atoms with van der Waals surface area (Å²) in [4.78, 5) is 18.4. The molecule has 1 heterocycles. The first kappa shape index (κ1) is 14.6. The van der Waals surface area contributed by atoms with Crippen LogP contribution in [0.25, 0.3) is 0 Å². The van der Waals surface area contributed by atoms with Gasteiger partial charge in [0.15, 0.2) is 0 Å². The normalized spacial score (nSPS) is 10.6. The van der Waals surface area contributed by atoms with Gasteiger partial charge in [-0.2, -0.15) is 4.98 Å². The van der Waals surface area contributed by atoms with Crippen molar-refractivity contribution in [1.29, 1.82) is 0 Å². The first-order valence-electron chi connectivity index (χ1n) is 6.61. The molecular formula is C15H17ClN2O2. The molecule has 0 aliphatic rings. The van der Waals surface area contributed by atoms with Crippen molar-refractivity contribution in [3.8, 4) is 0 Å². The summed E-state index contributed by atoms with van der Waals surface area (Å²) in [7, 11) is 0. The predicted octanol–water partition coefficient (Wildman–Crippen LogP) is 4.08. The standard InChI is InChI=1S/C15H17ClN2O2/c1-3-4-8-18(15-17-11(2)10-20-15)14(19)12-6-5-7-13(16)9-12/h5-7,9-10H,3-4,8H2,1-2H3. The number of hydrogen-bond donors (Lipinski definition) is 0. The van der Waals surface area contributed by atoms with Crippen LogP contribution in [0.15, 0.2) is 34.9 Å².